The Kier molecular flexibility index (Phi) is 3.57. The van der Waals surface area contributed by atoms with E-state index >= 15 is 0 Å². The Hall–Kier alpha value is -4.16. The molecule has 1 aliphatic rings. The van der Waals surface area contributed by atoms with Gasteiger partial charge in [0.2, 0.25) is 0 Å². The van der Waals surface area contributed by atoms with E-state index in [1.165, 1.54) is 86.9 Å². The SMILES string of the molecule is c1cc2ccc3c4cc(c5ccc(c1)c2c35)CCc1cc(c2ccc3cccc5ccc1c2c35)CC4. The second-order valence-electron chi connectivity index (χ2n) is 10.8. The number of hydrogen-bond donors (Lipinski definition) is 0. The summed E-state index contributed by atoms with van der Waals surface area (Å²) in [5, 5.41) is 17.0. The number of fused-ring (bicyclic) bond motifs is 8. The Morgan fingerprint density at radius 3 is 0.917 bits per heavy atom. The van der Waals surface area contributed by atoms with Crippen LogP contribution in [0.15, 0.2) is 97.1 Å². The van der Waals surface area contributed by atoms with Crippen molar-refractivity contribution in [2.24, 2.45) is 0 Å². The molecule has 0 saturated heterocycles. The van der Waals surface area contributed by atoms with Crippen LogP contribution in [-0.2, 0) is 25.7 Å². The van der Waals surface area contributed by atoms with E-state index in [-0.39, 0.29) is 0 Å². The molecule has 0 atom stereocenters. The summed E-state index contributed by atoms with van der Waals surface area (Å²) in [5.41, 5.74) is 6.02. The lowest BCUT2D eigenvalue weighted by Gasteiger charge is -2.21. The van der Waals surface area contributed by atoms with Gasteiger partial charge in [0.25, 0.3) is 0 Å². The number of rotatable bonds is 0. The molecule has 168 valence electrons. The fraction of sp³-hybridized carbons (Fsp3) is 0.111. The van der Waals surface area contributed by atoms with Gasteiger partial charge < -0.3 is 0 Å². The lowest BCUT2D eigenvalue weighted by atomic mass is 9.82. The zero-order valence-corrected chi connectivity index (χ0v) is 20.1. The first-order valence-corrected chi connectivity index (χ1v) is 13.2. The van der Waals surface area contributed by atoms with Crippen LogP contribution in [0.3, 0.4) is 0 Å². The molecule has 8 aromatic rings. The highest BCUT2D eigenvalue weighted by molar-refractivity contribution is 6.25. The average molecular weight is 457 g/mol. The van der Waals surface area contributed by atoms with Crippen LogP contribution < -0.4 is 0 Å². The Morgan fingerprint density at radius 2 is 0.611 bits per heavy atom. The van der Waals surface area contributed by atoms with Gasteiger partial charge in [-0.3, -0.25) is 0 Å². The van der Waals surface area contributed by atoms with Gasteiger partial charge in [0.1, 0.15) is 0 Å². The molecule has 0 radical (unpaired) electrons. The molecule has 0 N–H and O–H groups in total. The summed E-state index contributed by atoms with van der Waals surface area (Å²) in [6.45, 7) is 0. The van der Waals surface area contributed by atoms with Gasteiger partial charge in [-0.15, -0.1) is 0 Å². The molecule has 0 nitrogen and oxygen atoms in total. The van der Waals surface area contributed by atoms with Crippen molar-refractivity contribution in [1.29, 1.82) is 0 Å². The Morgan fingerprint density at radius 1 is 0.306 bits per heavy atom. The van der Waals surface area contributed by atoms with Crippen molar-refractivity contribution in [2.75, 3.05) is 0 Å². The van der Waals surface area contributed by atoms with Crippen molar-refractivity contribution in [1.82, 2.24) is 0 Å². The van der Waals surface area contributed by atoms with Crippen LogP contribution in [0.25, 0.3) is 64.6 Å². The third-order valence-electron chi connectivity index (χ3n) is 8.96. The van der Waals surface area contributed by atoms with Crippen LogP contribution in [0.5, 0.6) is 0 Å². The molecular formula is C36H24. The van der Waals surface area contributed by atoms with Crippen LogP contribution in [0.4, 0.5) is 0 Å². The van der Waals surface area contributed by atoms with Gasteiger partial charge in [-0.05, 0) is 113 Å². The summed E-state index contributed by atoms with van der Waals surface area (Å²) < 4.78 is 0. The minimum absolute atomic E-state index is 1.07. The van der Waals surface area contributed by atoms with Crippen LogP contribution in [0, 0.1) is 0 Å². The molecule has 0 spiro atoms. The topological polar surface area (TPSA) is 0 Å². The summed E-state index contributed by atoms with van der Waals surface area (Å²) in [6.07, 6.45) is 4.30. The van der Waals surface area contributed by atoms with Crippen molar-refractivity contribution in [3.05, 3.63) is 119 Å². The van der Waals surface area contributed by atoms with Crippen LogP contribution in [0.1, 0.15) is 22.3 Å². The molecule has 0 amide bonds. The molecule has 0 aromatic heterocycles. The van der Waals surface area contributed by atoms with Gasteiger partial charge in [0.15, 0.2) is 0 Å². The van der Waals surface area contributed by atoms with Gasteiger partial charge in [0, 0.05) is 0 Å². The fourth-order valence-corrected chi connectivity index (χ4v) is 7.33. The van der Waals surface area contributed by atoms with Gasteiger partial charge in [-0.2, -0.15) is 0 Å². The largest absolute Gasteiger partial charge is 0.0610 e. The number of hydrogen-bond acceptors (Lipinski definition) is 0. The van der Waals surface area contributed by atoms with E-state index in [4.69, 9.17) is 0 Å². The normalized spacial score (nSPS) is 14.2. The van der Waals surface area contributed by atoms with Crippen molar-refractivity contribution in [3.8, 4) is 0 Å². The third kappa shape index (κ3) is 2.39. The van der Waals surface area contributed by atoms with Crippen molar-refractivity contribution < 1.29 is 0 Å². The van der Waals surface area contributed by atoms with E-state index in [0.717, 1.165) is 25.7 Å². The van der Waals surface area contributed by atoms with E-state index < -0.39 is 0 Å². The molecule has 8 aromatic carbocycles. The van der Waals surface area contributed by atoms with Crippen LogP contribution >= 0.6 is 0 Å². The predicted molar refractivity (Wildman–Crippen MR) is 155 cm³/mol. The Bertz CT molecular complexity index is 1850. The lowest BCUT2D eigenvalue weighted by molar-refractivity contribution is 0.928. The van der Waals surface area contributed by atoms with E-state index in [2.05, 4.69) is 97.1 Å². The summed E-state index contributed by atoms with van der Waals surface area (Å²) in [4.78, 5) is 0. The third-order valence-corrected chi connectivity index (χ3v) is 8.96. The summed E-state index contributed by atoms with van der Waals surface area (Å²) in [7, 11) is 0. The number of aryl methyl sites for hydroxylation is 4. The second-order valence-corrected chi connectivity index (χ2v) is 10.8. The fourth-order valence-electron chi connectivity index (χ4n) is 7.33. The minimum Gasteiger partial charge on any atom is -0.0610 e. The first-order chi connectivity index (χ1) is 17.8. The van der Waals surface area contributed by atoms with Crippen LogP contribution in [-0.4, -0.2) is 0 Å². The Balaban J connectivity index is 1.35. The number of benzene rings is 8. The maximum Gasteiger partial charge on any atom is -0.00213 e. The van der Waals surface area contributed by atoms with E-state index in [1.54, 1.807) is 0 Å². The molecular weight excluding hydrogens is 432 g/mol. The maximum atomic E-state index is 2.53. The van der Waals surface area contributed by atoms with Crippen molar-refractivity contribution >= 4 is 64.6 Å². The monoisotopic (exact) mass is 456 g/mol. The van der Waals surface area contributed by atoms with E-state index in [9.17, 15) is 0 Å². The van der Waals surface area contributed by atoms with Gasteiger partial charge in [-0.1, -0.05) is 97.1 Å². The summed E-state index contributed by atoms with van der Waals surface area (Å²) in [5.74, 6) is 0. The average Bonchev–Trinajstić information content (AvgIpc) is 2.93. The minimum atomic E-state index is 1.07. The zero-order valence-electron chi connectivity index (χ0n) is 20.1. The standard InChI is InChI=1S/C36H24/c1-3-21-11-15-29-25-7-9-27-20-28(10-8-26(19-25)30-16-12-22(4-1)33(21)35(29)30)32-18-14-24-6-2-5-23-13-17-31(27)36(32)34(23)24/h1-6,11-20H,7-10H2. The Labute approximate surface area is 209 Å². The molecule has 0 fully saturated rings. The highest BCUT2D eigenvalue weighted by Gasteiger charge is 2.19. The maximum absolute atomic E-state index is 2.53. The molecule has 0 unspecified atom stereocenters. The summed E-state index contributed by atoms with van der Waals surface area (Å²) >= 11 is 0. The molecule has 0 aliphatic heterocycles. The van der Waals surface area contributed by atoms with Crippen molar-refractivity contribution in [3.63, 3.8) is 0 Å². The quantitative estimate of drug-likeness (QED) is 0.199. The van der Waals surface area contributed by atoms with Crippen molar-refractivity contribution in [2.45, 2.75) is 25.7 Å². The smallest absolute Gasteiger partial charge is 0.00213 e. The molecule has 0 heterocycles. The van der Waals surface area contributed by atoms with E-state index in [1.807, 2.05) is 0 Å². The van der Waals surface area contributed by atoms with Gasteiger partial charge in [0.05, 0.1) is 0 Å². The van der Waals surface area contributed by atoms with Gasteiger partial charge >= 0.3 is 0 Å². The molecule has 9 rings (SSSR count). The first kappa shape index (κ1) is 19.1. The van der Waals surface area contributed by atoms with Crippen LogP contribution in [0.2, 0.25) is 0 Å². The molecule has 0 saturated carbocycles. The van der Waals surface area contributed by atoms with E-state index in [0.29, 0.717) is 0 Å². The summed E-state index contributed by atoms with van der Waals surface area (Å²) in [6, 6.07) is 37.3. The predicted octanol–water partition coefficient (Wildman–Crippen LogP) is 9.37. The highest BCUT2D eigenvalue weighted by atomic mass is 14.2. The highest BCUT2D eigenvalue weighted by Crippen LogP contribution is 2.42. The molecule has 4 bridgehead atoms. The molecule has 0 heteroatoms. The lowest BCUT2D eigenvalue weighted by Crippen LogP contribution is -2.04. The molecule has 36 heavy (non-hydrogen) atoms. The van der Waals surface area contributed by atoms with Gasteiger partial charge in [-0.25, -0.2) is 0 Å². The first-order valence-electron chi connectivity index (χ1n) is 13.2. The zero-order chi connectivity index (χ0) is 23.4. The second kappa shape index (κ2) is 6.74. The molecule has 1 aliphatic carbocycles.